The van der Waals surface area contributed by atoms with Crippen LogP contribution in [0.15, 0.2) is 60.1 Å². The van der Waals surface area contributed by atoms with Crippen LogP contribution < -0.4 is 21.1 Å². The molecule has 9 N–H and O–H groups in total. The Balaban J connectivity index is 1.27. The van der Waals surface area contributed by atoms with Crippen LogP contribution in [0.5, 0.6) is 11.5 Å². The number of allylic oxidation sites excluding steroid dienone is 2. The molecule has 0 spiro atoms. The molecule has 2 heterocycles. The lowest BCUT2D eigenvalue weighted by molar-refractivity contribution is 0.0327. The average molecular weight is 625 g/mol. The first-order chi connectivity index (χ1) is 21.7. The third-order valence-corrected chi connectivity index (χ3v) is 9.57. The molecule has 1 fully saturated rings. The van der Waals surface area contributed by atoms with Crippen LogP contribution in [0.25, 0.3) is 0 Å². The van der Waals surface area contributed by atoms with Crippen LogP contribution in [-0.2, 0) is 12.8 Å². The molecule has 1 aromatic heterocycles. The number of aromatic hydroxyl groups is 1. The predicted octanol–water partition coefficient (Wildman–Crippen LogP) is 4.28. The maximum Gasteiger partial charge on any atom is 0.161 e. The highest BCUT2D eigenvalue weighted by molar-refractivity contribution is 5.42. The maximum absolute atomic E-state index is 11.1. The summed E-state index contributed by atoms with van der Waals surface area (Å²) in [7, 11) is 0. The van der Waals surface area contributed by atoms with Crippen molar-refractivity contribution < 1.29 is 25.2 Å². The van der Waals surface area contributed by atoms with E-state index in [1.54, 1.807) is 13.0 Å². The summed E-state index contributed by atoms with van der Waals surface area (Å²) in [6.07, 6.45) is 12.6. The van der Waals surface area contributed by atoms with Gasteiger partial charge in [0.05, 0.1) is 30.7 Å². The summed E-state index contributed by atoms with van der Waals surface area (Å²) in [5, 5.41) is 48.9. The fourth-order valence-electron chi connectivity index (χ4n) is 6.84. The van der Waals surface area contributed by atoms with Gasteiger partial charge in [-0.1, -0.05) is 31.9 Å². The second kappa shape index (κ2) is 17.6. The summed E-state index contributed by atoms with van der Waals surface area (Å²) in [6, 6.07) is 9.72. The van der Waals surface area contributed by atoms with Gasteiger partial charge in [-0.15, -0.1) is 0 Å². The Hall–Kier alpha value is -2.98. The molecule has 2 aliphatic rings. The molecule has 0 amide bonds. The van der Waals surface area contributed by atoms with E-state index >= 15 is 0 Å². The van der Waals surface area contributed by atoms with E-state index in [4.69, 9.17) is 10.5 Å². The van der Waals surface area contributed by atoms with Gasteiger partial charge in [0.25, 0.3) is 0 Å². The van der Waals surface area contributed by atoms with E-state index in [0.717, 1.165) is 56.2 Å². The van der Waals surface area contributed by atoms with Crippen LogP contribution >= 0.6 is 0 Å². The lowest BCUT2D eigenvalue weighted by Gasteiger charge is -2.27. The van der Waals surface area contributed by atoms with Gasteiger partial charge in [0.15, 0.2) is 11.5 Å². The van der Waals surface area contributed by atoms with E-state index in [1.807, 2.05) is 30.5 Å². The number of aryl methyl sites for hydroxylation is 1. The lowest BCUT2D eigenvalue weighted by Crippen LogP contribution is -2.38. The number of phenols is 1. The SMILES string of the molecule is CCC1CCC(C(O)CC(O)CCc2ccc(O)c(OCCC(Cc3ccc[nH]3)C3=CCNC(N)=C3)c2)CC(NCC(C)O)C1. The number of dihydropyridines is 1. The second-order valence-electron chi connectivity index (χ2n) is 13.3. The number of aromatic amines is 1. The van der Waals surface area contributed by atoms with Gasteiger partial charge in [-0.25, -0.2) is 0 Å². The number of benzene rings is 1. The zero-order valence-corrected chi connectivity index (χ0v) is 27.1. The van der Waals surface area contributed by atoms with E-state index in [-0.39, 0.29) is 23.6 Å². The van der Waals surface area contributed by atoms with Gasteiger partial charge in [0.1, 0.15) is 0 Å². The molecule has 1 aromatic carbocycles. The normalized spacial score (nSPS) is 23.2. The Morgan fingerprint density at radius 2 is 1.96 bits per heavy atom. The van der Waals surface area contributed by atoms with Crippen molar-refractivity contribution in [3.63, 3.8) is 0 Å². The number of nitrogens with one attached hydrogen (secondary N) is 3. The van der Waals surface area contributed by atoms with Crippen LogP contribution in [0.3, 0.4) is 0 Å². The molecule has 1 aliphatic carbocycles. The standard InChI is InChI=1S/C36H56N4O5/c1-3-25-6-9-29(20-31(17-25)40-23-24(2)41)34(44)22-32(42)10-7-26-8-11-33(43)35(18-26)45-16-13-28(19-30-5-4-14-38-30)27-12-15-39-36(37)21-27/h4-5,8,11-12,14,18,21,24-25,28-29,31-32,34,38-44H,3,6-7,9-10,13,15-17,19-20,22-23,37H2,1-2H3. The van der Waals surface area contributed by atoms with Gasteiger partial charge >= 0.3 is 0 Å². The quantitative estimate of drug-likeness (QED) is 0.121. The first kappa shape index (κ1) is 34.9. The summed E-state index contributed by atoms with van der Waals surface area (Å²) < 4.78 is 6.09. The van der Waals surface area contributed by atoms with Crippen molar-refractivity contribution in [3.05, 3.63) is 71.3 Å². The Bertz CT molecular complexity index is 1210. The lowest BCUT2D eigenvalue weighted by atomic mass is 9.88. The number of aromatic nitrogens is 1. The molecule has 4 rings (SSSR count). The van der Waals surface area contributed by atoms with Crippen LogP contribution in [-0.4, -0.2) is 69.5 Å². The summed E-state index contributed by atoms with van der Waals surface area (Å²) in [4.78, 5) is 3.29. The summed E-state index contributed by atoms with van der Waals surface area (Å²) in [5.41, 5.74) is 9.34. The number of hydrogen-bond acceptors (Lipinski definition) is 8. The highest BCUT2D eigenvalue weighted by Crippen LogP contribution is 2.33. The number of phenolic OH excluding ortho intramolecular Hbond substituents is 1. The number of aliphatic hydroxyl groups is 3. The summed E-state index contributed by atoms with van der Waals surface area (Å²) >= 11 is 0. The van der Waals surface area contributed by atoms with Crippen molar-refractivity contribution in [2.24, 2.45) is 23.5 Å². The summed E-state index contributed by atoms with van der Waals surface area (Å²) in [6.45, 7) is 5.70. The highest BCUT2D eigenvalue weighted by atomic mass is 16.5. The maximum atomic E-state index is 11.1. The van der Waals surface area contributed by atoms with Crippen LogP contribution in [0.2, 0.25) is 0 Å². The second-order valence-corrected chi connectivity index (χ2v) is 13.3. The van der Waals surface area contributed by atoms with Crippen molar-refractivity contribution in [1.82, 2.24) is 15.6 Å². The van der Waals surface area contributed by atoms with Crippen molar-refractivity contribution in [2.45, 2.75) is 102 Å². The molecule has 2 aromatic rings. The molecule has 0 radical (unpaired) electrons. The van der Waals surface area contributed by atoms with Crippen molar-refractivity contribution >= 4 is 0 Å². The van der Waals surface area contributed by atoms with Gasteiger partial charge in [0, 0.05) is 31.0 Å². The fraction of sp³-hybridized carbons (Fsp3) is 0.611. The minimum absolute atomic E-state index is 0.0957. The smallest absolute Gasteiger partial charge is 0.161 e. The molecule has 7 atom stereocenters. The van der Waals surface area contributed by atoms with Gasteiger partial charge in [0.2, 0.25) is 0 Å². The predicted molar refractivity (Wildman–Crippen MR) is 179 cm³/mol. The molecular weight excluding hydrogens is 568 g/mol. The Morgan fingerprint density at radius 1 is 1.11 bits per heavy atom. The van der Waals surface area contributed by atoms with Crippen molar-refractivity contribution in [3.8, 4) is 11.5 Å². The molecule has 45 heavy (non-hydrogen) atoms. The third-order valence-electron chi connectivity index (χ3n) is 9.57. The van der Waals surface area contributed by atoms with Crippen molar-refractivity contribution in [1.29, 1.82) is 0 Å². The van der Waals surface area contributed by atoms with Gasteiger partial charge < -0.3 is 46.5 Å². The molecular formula is C36H56N4O5. The monoisotopic (exact) mass is 624 g/mol. The number of nitrogens with two attached hydrogens (primary N) is 1. The Labute approximate surface area is 269 Å². The first-order valence-electron chi connectivity index (χ1n) is 17.0. The van der Waals surface area contributed by atoms with E-state index in [9.17, 15) is 20.4 Å². The van der Waals surface area contributed by atoms with Crippen LogP contribution in [0.4, 0.5) is 0 Å². The zero-order chi connectivity index (χ0) is 32.2. The first-order valence-corrected chi connectivity index (χ1v) is 17.0. The Kier molecular flexibility index (Phi) is 13.7. The molecule has 9 nitrogen and oxygen atoms in total. The van der Waals surface area contributed by atoms with Crippen LogP contribution in [0, 0.1) is 17.8 Å². The van der Waals surface area contributed by atoms with Gasteiger partial charge in [-0.3, -0.25) is 0 Å². The number of rotatable bonds is 17. The molecule has 0 saturated heterocycles. The molecule has 0 bridgehead atoms. The molecule has 250 valence electrons. The topological polar surface area (TPSA) is 156 Å². The van der Waals surface area contributed by atoms with Crippen LogP contribution in [0.1, 0.15) is 76.5 Å². The molecule has 7 unspecified atom stereocenters. The minimum atomic E-state index is -0.625. The molecule has 1 saturated carbocycles. The Morgan fingerprint density at radius 3 is 2.69 bits per heavy atom. The van der Waals surface area contributed by atoms with E-state index in [2.05, 4.69) is 34.7 Å². The number of H-pyrrole nitrogens is 1. The largest absolute Gasteiger partial charge is 0.504 e. The van der Waals surface area contributed by atoms with Crippen molar-refractivity contribution in [2.75, 3.05) is 19.7 Å². The van der Waals surface area contributed by atoms with E-state index < -0.39 is 18.3 Å². The minimum Gasteiger partial charge on any atom is -0.504 e. The van der Waals surface area contributed by atoms with Gasteiger partial charge in [-0.2, -0.15) is 0 Å². The number of ether oxygens (including phenoxy) is 1. The number of hydrogen-bond donors (Lipinski definition) is 8. The van der Waals surface area contributed by atoms with Gasteiger partial charge in [-0.05, 0) is 118 Å². The average Bonchev–Trinajstić information content (AvgIpc) is 3.44. The number of aliphatic hydroxyl groups excluding tert-OH is 3. The van der Waals surface area contributed by atoms with E-state index in [1.165, 1.54) is 5.57 Å². The van der Waals surface area contributed by atoms with E-state index in [0.29, 0.717) is 56.4 Å². The molecule has 9 heteroatoms. The fourth-order valence-corrected chi connectivity index (χ4v) is 6.84. The zero-order valence-electron chi connectivity index (χ0n) is 27.1. The third kappa shape index (κ3) is 11.4. The summed E-state index contributed by atoms with van der Waals surface area (Å²) in [5.74, 6) is 2.16. The molecule has 1 aliphatic heterocycles. The highest BCUT2D eigenvalue weighted by Gasteiger charge is 2.30.